The highest BCUT2D eigenvalue weighted by Crippen LogP contribution is 2.37. The number of pyridine rings is 1. The number of anilines is 1. The van der Waals surface area contributed by atoms with Gasteiger partial charge < -0.3 is 10.1 Å². The molecule has 4 nitrogen and oxygen atoms in total. The molecule has 0 spiro atoms. The maximum absolute atomic E-state index is 5.58. The summed E-state index contributed by atoms with van der Waals surface area (Å²) in [5, 5.41) is 7.12. The van der Waals surface area contributed by atoms with Crippen molar-refractivity contribution in [1.29, 1.82) is 0 Å². The molecule has 0 unspecified atom stereocenters. The molecule has 2 heterocycles. The van der Waals surface area contributed by atoms with Gasteiger partial charge in [-0.1, -0.05) is 12.1 Å². The van der Waals surface area contributed by atoms with Gasteiger partial charge in [0, 0.05) is 16.8 Å². The number of nitrogens with zero attached hydrogens (tertiary/aromatic N) is 2. The SMILES string of the molecule is COc1c(-c2nc(NC(C)C)cs2)[c]nc2ccccc12. The summed E-state index contributed by atoms with van der Waals surface area (Å²) in [5.74, 6) is 1.64. The standard InChI is InChI=1S/C16H16N3OS/c1-10(2)18-14-9-21-16(19-14)12-8-17-13-7-5-4-6-11(13)15(12)20-3/h4-7,9-10,18H,1-3H3. The fourth-order valence-corrected chi connectivity index (χ4v) is 2.92. The average Bonchev–Trinajstić information content (AvgIpc) is 2.93. The van der Waals surface area contributed by atoms with Gasteiger partial charge in [0.2, 0.25) is 0 Å². The van der Waals surface area contributed by atoms with Gasteiger partial charge in [-0.05, 0) is 26.0 Å². The number of thiazole rings is 1. The van der Waals surface area contributed by atoms with Crippen molar-refractivity contribution in [3.05, 3.63) is 35.8 Å². The molecule has 0 atom stereocenters. The lowest BCUT2D eigenvalue weighted by molar-refractivity contribution is 0.421. The molecular weight excluding hydrogens is 282 g/mol. The number of nitrogens with one attached hydrogen (secondary N) is 1. The Kier molecular flexibility index (Phi) is 3.75. The molecule has 2 aromatic heterocycles. The molecule has 0 aliphatic rings. The first-order chi connectivity index (χ1) is 10.2. The zero-order valence-electron chi connectivity index (χ0n) is 12.2. The summed E-state index contributed by atoms with van der Waals surface area (Å²) in [6.07, 6.45) is 3.06. The van der Waals surface area contributed by atoms with Gasteiger partial charge in [-0.25, -0.2) is 9.97 Å². The Morgan fingerprint density at radius 1 is 1.29 bits per heavy atom. The van der Waals surface area contributed by atoms with E-state index in [0.717, 1.165) is 33.0 Å². The Morgan fingerprint density at radius 3 is 2.86 bits per heavy atom. The summed E-state index contributed by atoms with van der Waals surface area (Å²) >= 11 is 1.56. The summed E-state index contributed by atoms with van der Waals surface area (Å²) in [6.45, 7) is 4.17. The van der Waals surface area contributed by atoms with Gasteiger partial charge in [-0.2, -0.15) is 0 Å². The van der Waals surface area contributed by atoms with E-state index in [0.29, 0.717) is 6.04 Å². The van der Waals surface area contributed by atoms with E-state index < -0.39 is 0 Å². The minimum Gasteiger partial charge on any atom is -0.495 e. The lowest BCUT2D eigenvalue weighted by Gasteiger charge is -2.09. The van der Waals surface area contributed by atoms with Crippen molar-refractivity contribution < 1.29 is 4.74 Å². The van der Waals surface area contributed by atoms with Crippen molar-refractivity contribution in [2.75, 3.05) is 12.4 Å². The third-order valence-electron chi connectivity index (χ3n) is 3.02. The van der Waals surface area contributed by atoms with Crippen LogP contribution in [0.4, 0.5) is 5.82 Å². The van der Waals surface area contributed by atoms with Crippen LogP contribution in [0, 0.1) is 6.20 Å². The molecule has 21 heavy (non-hydrogen) atoms. The predicted octanol–water partition coefficient (Wildman–Crippen LogP) is 3.99. The van der Waals surface area contributed by atoms with Gasteiger partial charge in [0.05, 0.1) is 18.2 Å². The van der Waals surface area contributed by atoms with Gasteiger partial charge in [-0.15, -0.1) is 11.3 Å². The maximum atomic E-state index is 5.58. The Balaban J connectivity index is 2.09. The number of benzene rings is 1. The minimum absolute atomic E-state index is 0.348. The third-order valence-corrected chi connectivity index (χ3v) is 3.88. The maximum Gasteiger partial charge on any atom is 0.140 e. The normalized spacial score (nSPS) is 11.0. The Hall–Kier alpha value is -2.14. The molecule has 0 saturated heterocycles. The number of hydrogen-bond acceptors (Lipinski definition) is 5. The van der Waals surface area contributed by atoms with Crippen LogP contribution in [0.1, 0.15) is 13.8 Å². The quantitative estimate of drug-likeness (QED) is 0.791. The fraction of sp³-hybridized carbons (Fsp3) is 0.250. The van der Waals surface area contributed by atoms with E-state index in [1.165, 1.54) is 0 Å². The van der Waals surface area contributed by atoms with Crippen molar-refractivity contribution >= 4 is 28.1 Å². The van der Waals surface area contributed by atoms with E-state index in [9.17, 15) is 0 Å². The van der Waals surface area contributed by atoms with Crippen molar-refractivity contribution in [3.63, 3.8) is 0 Å². The van der Waals surface area contributed by atoms with Gasteiger partial charge >= 0.3 is 0 Å². The monoisotopic (exact) mass is 298 g/mol. The molecular formula is C16H16N3OS. The highest BCUT2D eigenvalue weighted by Gasteiger charge is 2.15. The Morgan fingerprint density at radius 2 is 2.10 bits per heavy atom. The van der Waals surface area contributed by atoms with Gasteiger partial charge in [0.15, 0.2) is 0 Å². The van der Waals surface area contributed by atoms with Crippen LogP contribution in [0.15, 0.2) is 29.6 Å². The molecule has 3 rings (SSSR count). The summed E-state index contributed by atoms with van der Waals surface area (Å²) in [7, 11) is 1.67. The van der Waals surface area contributed by atoms with Crippen molar-refractivity contribution in [2.24, 2.45) is 0 Å². The number of ether oxygens (including phenoxy) is 1. The molecule has 0 bridgehead atoms. The van der Waals surface area contributed by atoms with E-state index in [1.54, 1.807) is 18.4 Å². The zero-order valence-corrected chi connectivity index (χ0v) is 13.0. The fourth-order valence-electron chi connectivity index (χ4n) is 2.17. The lowest BCUT2D eigenvalue weighted by Crippen LogP contribution is -2.09. The molecule has 0 saturated carbocycles. The highest BCUT2D eigenvalue weighted by atomic mass is 32.1. The number of aromatic nitrogens is 2. The van der Waals surface area contributed by atoms with E-state index in [2.05, 4.69) is 35.3 Å². The molecule has 1 N–H and O–H groups in total. The molecule has 0 aliphatic heterocycles. The summed E-state index contributed by atoms with van der Waals surface area (Å²) in [6, 6.07) is 8.23. The zero-order chi connectivity index (χ0) is 14.8. The van der Waals surface area contributed by atoms with Crippen molar-refractivity contribution in [1.82, 2.24) is 9.97 Å². The van der Waals surface area contributed by atoms with Crippen LogP contribution >= 0.6 is 11.3 Å². The first kappa shape index (κ1) is 13.8. The number of methoxy groups -OCH3 is 1. The second-order valence-electron chi connectivity index (χ2n) is 4.99. The van der Waals surface area contributed by atoms with Crippen LogP contribution in [0.3, 0.4) is 0 Å². The van der Waals surface area contributed by atoms with E-state index >= 15 is 0 Å². The van der Waals surface area contributed by atoms with Crippen LogP contribution in [0.25, 0.3) is 21.5 Å². The van der Waals surface area contributed by atoms with Crippen LogP contribution in [0.5, 0.6) is 5.75 Å². The third kappa shape index (κ3) is 2.69. The van der Waals surface area contributed by atoms with Crippen LogP contribution in [-0.4, -0.2) is 23.1 Å². The Labute approximate surface area is 127 Å². The predicted molar refractivity (Wildman–Crippen MR) is 87.0 cm³/mol. The summed E-state index contributed by atoms with van der Waals surface area (Å²) in [5.41, 5.74) is 1.67. The Bertz CT molecular complexity index is 767. The molecule has 0 fully saturated rings. The molecule has 107 valence electrons. The first-order valence-corrected chi connectivity index (χ1v) is 7.64. The summed E-state index contributed by atoms with van der Waals surface area (Å²) in [4.78, 5) is 8.97. The second-order valence-corrected chi connectivity index (χ2v) is 5.84. The van der Waals surface area contributed by atoms with Crippen LogP contribution in [-0.2, 0) is 0 Å². The van der Waals surface area contributed by atoms with Crippen molar-refractivity contribution in [2.45, 2.75) is 19.9 Å². The summed E-state index contributed by atoms with van der Waals surface area (Å²) < 4.78 is 5.58. The van der Waals surface area contributed by atoms with Gasteiger partial charge in [0.1, 0.15) is 22.8 Å². The van der Waals surface area contributed by atoms with Gasteiger partial charge in [-0.3, -0.25) is 0 Å². The molecule has 0 aliphatic carbocycles. The number of para-hydroxylation sites is 1. The molecule has 1 radical (unpaired) electrons. The lowest BCUT2D eigenvalue weighted by atomic mass is 10.1. The highest BCUT2D eigenvalue weighted by molar-refractivity contribution is 7.13. The van der Waals surface area contributed by atoms with Gasteiger partial charge in [0.25, 0.3) is 0 Å². The number of rotatable bonds is 4. The van der Waals surface area contributed by atoms with E-state index in [-0.39, 0.29) is 0 Å². The average molecular weight is 298 g/mol. The molecule has 5 heteroatoms. The molecule has 1 aromatic carbocycles. The largest absolute Gasteiger partial charge is 0.495 e. The topological polar surface area (TPSA) is 47.0 Å². The molecule has 0 amide bonds. The number of hydrogen-bond donors (Lipinski definition) is 1. The second kappa shape index (κ2) is 5.69. The van der Waals surface area contributed by atoms with E-state index in [1.807, 2.05) is 29.6 Å². The van der Waals surface area contributed by atoms with E-state index in [4.69, 9.17) is 4.74 Å². The first-order valence-electron chi connectivity index (χ1n) is 6.76. The minimum atomic E-state index is 0.348. The number of fused-ring (bicyclic) bond motifs is 1. The van der Waals surface area contributed by atoms with Crippen LogP contribution < -0.4 is 10.1 Å². The van der Waals surface area contributed by atoms with Crippen molar-refractivity contribution in [3.8, 4) is 16.3 Å². The van der Waals surface area contributed by atoms with Crippen LogP contribution in [0.2, 0.25) is 0 Å². The smallest absolute Gasteiger partial charge is 0.140 e. The molecule has 3 aromatic rings.